The molecule has 2 fully saturated rings. The van der Waals surface area contributed by atoms with Crippen molar-refractivity contribution in [1.29, 1.82) is 0 Å². The molecule has 12 heteroatoms. The lowest BCUT2D eigenvalue weighted by atomic mass is 9.82. The molecular formula is C21H17F6NO5. The van der Waals surface area contributed by atoms with Crippen LogP contribution in [0.5, 0.6) is 0 Å². The standard InChI is InChI=1S/C21H17F6NO5/c1-18(2,3)17(31)33-19-5-4-12(32-19)13-14(19)16(30)28(15(13)29)11-7-9(20(22,23)24)6-10(8-11)21(25,26)27/h4-8,12-14H,1-3H3/t12-,13+,14+,19+/m0/s1. The molecule has 0 aliphatic carbocycles. The van der Waals surface area contributed by atoms with Crippen LogP contribution in [0.2, 0.25) is 0 Å². The molecule has 3 heterocycles. The van der Waals surface area contributed by atoms with Crippen LogP contribution in [0, 0.1) is 17.3 Å². The van der Waals surface area contributed by atoms with Crippen molar-refractivity contribution < 1.29 is 50.2 Å². The van der Waals surface area contributed by atoms with E-state index in [-0.39, 0.29) is 11.0 Å². The SMILES string of the molecule is CC(C)(C)C(=O)O[C@@]12C=C[C@H](O1)[C@H]1C(=O)N(c3cc(C(F)(F)F)cc(C(F)(F)F)c3)C(=O)[C@@H]12. The summed E-state index contributed by atoms with van der Waals surface area (Å²) in [5.74, 6) is -7.62. The predicted octanol–water partition coefficient (Wildman–Crippen LogP) is 4.08. The van der Waals surface area contributed by atoms with Gasteiger partial charge in [-0.3, -0.25) is 14.4 Å². The van der Waals surface area contributed by atoms with E-state index in [9.17, 15) is 40.7 Å². The minimum atomic E-state index is -5.16. The fourth-order valence-corrected chi connectivity index (χ4v) is 4.08. The van der Waals surface area contributed by atoms with Gasteiger partial charge in [0.2, 0.25) is 17.6 Å². The van der Waals surface area contributed by atoms with Crippen LogP contribution in [-0.4, -0.2) is 29.7 Å². The number of anilines is 1. The number of rotatable bonds is 2. The van der Waals surface area contributed by atoms with Gasteiger partial charge in [-0.2, -0.15) is 26.3 Å². The molecule has 3 aliphatic rings. The maximum absolute atomic E-state index is 13.3. The molecular weight excluding hydrogens is 460 g/mol. The minimum Gasteiger partial charge on any atom is -0.428 e. The zero-order chi connectivity index (χ0) is 24.7. The van der Waals surface area contributed by atoms with Gasteiger partial charge in [0, 0.05) is 0 Å². The number of hydrogen-bond acceptors (Lipinski definition) is 5. The molecule has 0 saturated carbocycles. The largest absolute Gasteiger partial charge is 0.428 e. The van der Waals surface area contributed by atoms with Gasteiger partial charge in [-0.15, -0.1) is 0 Å². The van der Waals surface area contributed by atoms with Crippen molar-refractivity contribution in [2.75, 3.05) is 4.90 Å². The zero-order valence-corrected chi connectivity index (χ0v) is 17.4. The Morgan fingerprint density at radius 3 is 2.00 bits per heavy atom. The number of halogens is 6. The Balaban J connectivity index is 1.77. The third-order valence-electron chi connectivity index (χ3n) is 5.67. The first kappa shape index (κ1) is 23.3. The number of amides is 2. The summed E-state index contributed by atoms with van der Waals surface area (Å²) in [7, 11) is 0. The number of ether oxygens (including phenoxy) is 2. The monoisotopic (exact) mass is 477 g/mol. The highest BCUT2D eigenvalue weighted by Crippen LogP contribution is 2.54. The van der Waals surface area contributed by atoms with Gasteiger partial charge in [-0.25, -0.2) is 4.90 Å². The van der Waals surface area contributed by atoms with Gasteiger partial charge in [0.05, 0.1) is 34.3 Å². The molecule has 33 heavy (non-hydrogen) atoms. The van der Waals surface area contributed by atoms with E-state index in [0.717, 1.165) is 0 Å². The Hall–Kier alpha value is -2.89. The highest BCUT2D eigenvalue weighted by molar-refractivity contribution is 6.23. The van der Waals surface area contributed by atoms with Gasteiger partial charge in [-0.1, -0.05) is 6.08 Å². The summed E-state index contributed by atoms with van der Waals surface area (Å²) in [5, 5.41) is 0. The van der Waals surface area contributed by atoms with Crippen LogP contribution in [0.1, 0.15) is 31.9 Å². The molecule has 0 radical (unpaired) electrons. The molecule has 6 nitrogen and oxygen atoms in total. The van der Waals surface area contributed by atoms with E-state index in [1.165, 1.54) is 32.9 Å². The molecule has 2 saturated heterocycles. The number of fused-ring (bicyclic) bond motifs is 5. The van der Waals surface area contributed by atoms with Crippen molar-refractivity contribution >= 4 is 23.5 Å². The molecule has 0 unspecified atom stereocenters. The molecule has 4 rings (SSSR count). The number of alkyl halides is 6. The molecule has 2 amide bonds. The first-order valence-electron chi connectivity index (χ1n) is 9.74. The second-order valence-electron chi connectivity index (χ2n) is 9.08. The summed E-state index contributed by atoms with van der Waals surface area (Å²) in [4.78, 5) is 38.9. The van der Waals surface area contributed by atoms with E-state index in [1.54, 1.807) is 0 Å². The molecule has 0 aromatic heterocycles. The second kappa shape index (κ2) is 6.81. The van der Waals surface area contributed by atoms with E-state index < -0.39 is 76.1 Å². The van der Waals surface area contributed by atoms with Crippen LogP contribution in [0.25, 0.3) is 0 Å². The minimum absolute atomic E-state index is 0.101. The van der Waals surface area contributed by atoms with Crippen LogP contribution in [-0.2, 0) is 36.2 Å². The lowest BCUT2D eigenvalue weighted by Gasteiger charge is -2.31. The highest BCUT2D eigenvalue weighted by atomic mass is 19.4. The number of nitrogens with zero attached hydrogens (tertiary/aromatic N) is 1. The molecule has 0 spiro atoms. The fraction of sp³-hybridized carbons (Fsp3) is 0.476. The fourth-order valence-electron chi connectivity index (χ4n) is 4.08. The lowest BCUT2D eigenvalue weighted by Crippen LogP contribution is -2.46. The van der Waals surface area contributed by atoms with Crippen LogP contribution < -0.4 is 4.90 Å². The Kier molecular flexibility index (Phi) is 4.80. The van der Waals surface area contributed by atoms with E-state index in [2.05, 4.69) is 0 Å². The third kappa shape index (κ3) is 3.60. The molecule has 2 bridgehead atoms. The van der Waals surface area contributed by atoms with Crippen molar-refractivity contribution in [2.24, 2.45) is 17.3 Å². The molecule has 4 atom stereocenters. The number of carbonyl (C=O) groups excluding carboxylic acids is 3. The highest BCUT2D eigenvalue weighted by Gasteiger charge is 2.70. The second-order valence-corrected chi connectivity index (χ2v) is 9.08. The summed E-state index contributed by atoms with van der Waals surface area (Å²) in [6, 6.07) is 0.503. The van der Waals surface area contributed by atoms with Gasteiger partial charge in [0.15, 0.2) is 0 Å². The van der Waals surface area contributed by atoms with E-state index >= 15 is 0 Å². The Bertz CT molecular complexity index is 1050. The van der Waals surface area contributed by atoms with Gasteiger partial charge >= 0.3 is 18.3 Å². The van der Waals surface area contributed by atoms with Gasteiger partial charge in [-0.05, 0) is 45.0 Å². The number of hydrogen-bond donors (Lipinski definition) is 0. The van der Waals surface area contributed by atoms with E-state index in [4.69, 9.17) is 9.47 Å². The third-order valence-corrected chi connectivity index (χ3v) is 5.67. The number of esters is 1. The van der Waals surface area contributed by atoms with Crippen molar-refractivity contribution in [2.45, 2.75) is 45.0 Å². The number of imide groups is 1. The van der Waals surface area contributed by atoms with Crippen LogP contribution >= 0.6 is 0 Å². The summed E-state index contributed by atoms with van der Waals surface area (Å²) in [5.41, 5.74) is -5.23. The average Bonchev–Trinajstić information content (AvgIpc) is 3.29. The molecule has 3 aliphatic heterocycles. The van der Waals surface area contributed by atoms with Crippen molar-refractivity contribution in [3.63, 3.8) is 0 Å². The topological polar surface area (TPSA) is 72.9 Å². The molecule has 1 aromatic carbocycles. The maximum Gasteiger partial charge on any atom is 0.416 e. The number of benzene rings is 1. The maximum atomic E-state index is 13.3. The van der Waals surface area contributed by atoms with Crippen molar-refractivity contribution in [3.8, 4) is 0 Å². The Morgan fingerprint density at radius 2 is 1.52 bits per heavy atom. The summed E-state index contributed by atoms with van der Waals surface area (Å²) < 4.78 is 90.5. The van der Waals surface area contributed by atoms with Crippen LogP contribution in [0.4, 0.5) is 32.0 Å². The molecule has 0 N–H and O–H groups in total. The van der Waals surface area contributed by atoms with E-state index in [1.807, 2.05) is 0 Å². The number of carbonyl (C=O) groups is 3. The zero-order valence-electron chi connectivity index (χ0n) is 17.4. The van der Waals surface area contributed by atoms with Crippen molar-refractivity contribution in [3.05, 3.63) is 41.5 Å². The Morgan fingerprint density at radius 1 is 0.970 bits per heavy atom. The molecule has 1 aromatic rings. The summed E-state index contributed by atoms with van der Waals surface area (Å²) >= 11 is 0. The first-order valence-corrected chi connectivity index (χ1v) is 9.74. The van der Waals surface area contributed by atoms with Crippen LogP contribution in [0.15, 0.2) is 30.4 Å². The Labute approximate surface area is 183 Å². The van der Waals surface area contributed by atoms with Crippen molar-refractivity contribution in [1.82, 2.24) is 0 Å². The molecule has 178 valence electrons. The predicted molar refractivity (Wildman–Crippen MR) is 98.2 cm³/mol. The summed E-state index contributed by atoms with van der Waals surface area (Å²) in [6.07, 6.45) is -8.71. The normalized spacial score (nSPS) is 29.1. The average molecular weight is 477 g/mol. The lowest BCUT2D eigenvalue weighted by molar-refractivity contribution is -0.212. The quantitative estimate of drug-likeness (QED) is 0.278. The van der Waals surface area contributed by atoms with Gasteiger partial charge in [0.1, 0.15) is 5.92 Å². The van der Waals surface area contributed by atoms with Gasteiger partial charge in [0.25, 0.3) is 0 Å². The van der Waals surface area contributed by atoms with Crippen LogP contribution in [0.3, 0.4) is 0 Å². The summed E-state index contributed by atoms with van der Waals surface area (Å²) in [6.45, 7) is 4.59. The van der Waals surface area contributed by atoms with E-state index in [0.29, 0.717) is 12.1 Å². The smallest absolute Gasteiger partial charge is 0.416 e. The first-order chi connectivity index (χ1) is 15.0. The van der Waals surface area contributed by atoms with Gasteiger partial charge < -0.3 is 9.47 Å².